The SMILES string of the molecule is C[C@H]1CN(c2cc(S(=O)(=O)NC3(C)CC3)cn3c(-c4nnc(C(F)F)s4)nnc23)C[C@H](C)N1C(=O)N(C)CCN(C)C. The first-order valence-electron chi connectivity index (χ1n) is 13.7. The molecule has 0 unspecified atom stereocenters. The number of nitrogens with one attached hydrogen (secondary N) is 1. The number of amides is 2. The van der Waals surface area contributed by atoms with E-state index in [0.29, 0.717) is 42.3 Å². The minimum Gasteiger partial charge on any atom is -0.364 e. The van der Waals surface area contributed by atoms with Crippen molar-refractivity contribution in [3.63, 3.8) is 0 Å². The van der Waals surface area contributed by atoms with Crippen LogP contribution in [0.2, 0.25) is 0 Å². The van der Waals surface area contributed by atoms with Gasteiger partial charge in [-0.1, -0.05) is 11.3 Å². The van der Waals surface area contributed by atoms with Crippen molar-refractivity contribution in [2.24, 2.45) is 0 Å². The van der Waals surface area contributed by atoms with E-state index in [9.17, 15) is 22.0 Å². The summed E-state index contributed by atoms with van der Waals surface area (Å²) in [5.74, 6) is 0.114. The van der Waals surface area contributed by atoms with E-state index in [4.69, 9.17) is 0 Å². The lowest BCUT2D eigenvalue weighted by molar-refractivity contribution is 0.112. The van der Waals surface area contributed by atoms with E-state index < -0.39 is 27.0 Å². The van der Waals surface area contributed by atoms with Crippen LogP contribution in [-0.4, -0.2) is 119 Å². The summed E-state index contributed by atoms with van der Waals surface area (Å²) in [6.45, 7) is 7.90. The van der Waals surface area contributed by atoms with Crippen LogP contribution in [0.15, 0.2) is 17.2 Å². The van der Waals surface area contributed by atoms with E-state index in [0.717, 1.165) is 19.4 Å². The Morgan fingerprint density at radius 2 is 1.79 bits per heavy atom. The molecule has 1 N–H and O–H groups in total. The van der Waals surface area contributed by atoms with Gasteiger partial charge in [-0.3, -0.25) is 4.40 Å². The molecule has 2 fully saturated rings. The van der Waals surface area contributed by atoms with E-state index in [2.05, 4.69) is 25.1 Å². The minimum absolute atomic E-state index is 0.0139. The van der Waals surface area contributed by atoms with Crippen LogP contribution >= 0.6 is 11.3 Å². The molecule has 1 saturated carbocycles. The number of halogens is 2. The maximum atomic E-state index is 13.5. The van der Waals surface area contributed by atoms with E-state index in [1.165, 1.54) is 10.6 Å². The molecule has 0 bridgehead atoms. The topological polar surface area (TPSA) is 132 Å². The zero-order chi connectivity index (χ0) is 30.6. The van der Waals surface area contributed by atoms with Gasteiger partial charge in [-0.2, -0.15) is 0 Å². The summed E-state index contributed by atoms with van der Waals surface area (Å²) in [4.78, 5) is 20.9. The monoisotopic (exact) mass is 626 g/mol. The number of urea groups is 1. The lowest BCUT2D eigenvalue weighted by atomic mass is 10.1. The Balaban J connectivity index is 1.52. The molecule has 1 aliphatic heterocycles. The van der Waals surface area contributed by atoms with Gasteiger partial charge in [-0.05, 0) is 53.8 Å². The quantitative estimate of drug-likeness (QED) is 0.381. The Morgan fingerprint density at radius 1 is 1.12 bits per heavy atom. The normalized spacial score (nSPS) is 20.6. The number of anilines is 1. The van der Waals surface area contributed by atoms with Crippen molar-refractivity contribution >= 4 is 38.7 Å². The molecule has 3 aromatic heterocycles. The Labute approximate surface area is 247 Å². The highest BCUT2D eigenvalue weighted by atomic mass is 32.2. The van der Waals surface area contributed by atoms with Gasteiger partial charge in [0, 0.05) is 57.0 Å². The Kier molecular flexibility index (Phi) is 8.15. The number of aromatic nitrogens is 5. The summed E-state index contributed by atoms with van der Waals surface area (Å²) in [7, 11) is 1.75. The van der Waals surface area contributed by atoms with Crippen LogP contribution in [0.1, 0.15) is 45.0 Å². The van der Waals surface area contributed by atoms with Crippen LogP contribution in [0.3, 0.4) is 0 Å². The lowest BCUT2D eigenvalue weighted by Crippen LogP contribution is -2.61. The van der Waals surface area contributed by atoms with Crippen LogP contribution < -0.4 is 9.62 Å². The Morgan fingerprint density at radius 3 is 2.36 bits per heavy atom. The van der Waals surface area contributed by atoms with Gasteiger partial charge in [0.15, 0.2) is 21.5 Å². The summed E-state index contributed by atoms with van der Waals surface area (Å²) in [5.41, 5.74) is 0.337. The summed E-state index contributed by atoms with van der Waals surface area (Å²) in [5, 5.41) is 15.6. The predicted molar refractivity (Wildman–Crippen MR) is 154 cm³/mol. The predicted octanol–water partition coefficient (Wildman–Crippen LogP) is 2.53. The average molecular weight is 627 g/mol. The number of hydrogen-bond acceptors (Lipinski definition) is 10. The average Bonchev–Trinajstić information content (AvgIpc) is 3.29. The first-order valence-corrected chi connectivity index (χ1v) is 16.0. The summed E-state index contributed by atoms with van der Waals surface area (Å²) in [6, 6.07) is 1.08. The van der Waals surface area contributed by atoms with E-state index in [-0.39, 0.29) is 33.8 Å². The molecule has 17 heteroatoms. The summed E-state index contributed by atoms with van der Waals surface area (Å²) < 4.78 is 57.8. The number of likely N-dealkylation sites (N-methyl/N-ethyl adjacent to an activating group) is 2. The third-order valence-corrected chi connectivity index (χ3v) is 10.2. The molecule has 3 aromatic rings. The van der Waals surface area contributed by atoms with Crippen molar-refractivity contribution in [2.45, 2.75) is 62.6 Å². The maximum Gasteiger partial charge on any atom is 0.320 e. The molecule has 230 valence electrons. The molecule has 13 nitrogen and oxygen atoms in total. The fraction of sp³-hybridized carbons (Fsp3) is 0.640. The minimum atomic E-state index is -3.95. The Hall–Kier alpha value is -3.02. The third kappa shape index (κ3) is 6.05. The zero-order valence-electron chi connectivity index (χ0n) is 24.5. The number of rotatable bonds is 9. The van der Waals surface area contributed by atoms with Crippen molar-refractivity contribution < 1.29 is 22.0 Å². The highest BCUT2D eigenvalue weighted by Gasteiger charge is 2.42. The summed E-state index contributed by atoms with van der Waals surface area (Å²) in [6.07, 6.45) is 0.0511. The number of hydrogen-bond donors (Lipinski definition) is 1. The van der Waals surface area contributed by atoms with Gasteiger partial charge in [0.2, 0.25) is 10.0 Å². The second kappa shape index (κ2) is 11.2. The van der Waals surface area contributed by atoms with Crippen molar-refractivity contribution in [1.29, 1.82) is 0 Å². The lowest BCUT2D eigenvalue weighted by Gasteiger charge is -2.46. The van der Waals surface area contributed by atoms with Gasteiger partial charge in [0.25, 0.3) is 6.43 Å². The molecule has 0 aromatic carbocycles. The second-order valence-corrected chi connectivity index (χ2v) is 14.4. The number of alkyl halides is 2. The first-order chi connectivity index (χ1) is 19.7. The number of pyridine rings is 1. The van der Waals surface area contributed by atoms with E-state index in [1.807, 2.05) is 49.6 Å². The van der Waals surface area contributed by atoms with Gasteiger partial charge in [-0.25, -0.2) is 26.7 Å². The standard InChI is InChI=1S/C25H36F2N10O3S2/c1-15-12-35(13-16(2)37(15)24(38)34(6)10-9-33(4)5)18-11-17(42(39,40)32-25(3)7-8-25)14-36-20(18)28-29-21(36)23-31-30-22(41-23)19(26)27/h11,14-16,19,32H,7-10,12-13H2,1-6H3/t15-,16-/m0/s1. The smallest absolute Gasteiger partial charge is 0.320 e. The number of carbonyl (C=O) groups is 1. The molecular weight excluding hydrogens is 590 g/mol. The fourth-order valence-corrected chi connectivity index (χ4v) is 7.27. The van der Waals surface area contributed by atoms with Crippen LogP contribution in [0.25, 0.3) is 16.5 Å². The Bertz CT molecular complexity index is 1560. The van der Waals surface area contributed by atoms with E-state index >= 15 is 0 Å². The van der Waals surface area contributed by atoms with Gasteiger partial charge in [0.05, 0.1) is 5.69 Å². The van der Waals surface area contributed by atoms with Crippen LogP contribution in [0, 0.1) is 0 Å². The molecule has 2 atom stereocenters. The largest absolute Gasteiger partial charge is 0.364 e. The highest BCUT2D eigenvalue weighted by Crippen LogP contribution is 2.37. The fourth-order valence-electron chi connectivity index (χ4n) is 5.10. The van der Waals surface area contributed by atoms with Gasteiger partial charge in [0.1, 0.15) is 4.90 Å². The van der Waals surface area contributed by atoms with Crippen LogP contribution in [-0.2, 0) is 10.0 Å². The van der Waals surface area contributed by atoms with Crippen molar-refractivity contribution in [2.75, 3.05) is 52.2 Å². The molecule has 2 aliphatic rings. The maximum absolute atomic E-state index is 13.5. The molecule has 0 spiro atoms. The molecule has 5 rings (SSSR count). The molecule has 1 saturated heterocycles. The molecule has 2 amide bonds. The first kappa shape index (κ1) is 30.4. The summed E-state index contributed by atoms with van der Waals surface area (Å²) >= 11 is 0.675. The van der Waals surface area contributed by atoms with Gasteiger partial charge >= 0.3 is 6.03 Å². The molecule has 4 heterocycles. The zero-order valence-corrected chi connectivity index (χ0v) is 26.1. The van der Waals surface area contributed by atoms with E-state index in [1.54, 1.807) is 18.0 Å². The van der Waals surface area contributed by atoms with Crippen LogP contribution in [0.4, 0.5) is 19.3 Å². The number of sulfonamides is 1. The number of nitrogens with zero attached hydrogens (tertiary/aromatic N) is 9. The molecular formula is C25H36F2N10O3S2. The van der Waals surface area contributed by atoms with Crippen molar-refractivity contribution in [3.05, 3.63) is 17.3 Å². The molecule has 1 aliphatic carbocycles. The highest BCUT2D eigenvalue weighted by molar-refractivity contribution is 7.89. The second-order valence-electron chi connectivity index (χ2n) is 11.7. The number of piperazine rings is 1. The number of carbonyl (C=O) groups excluding carboxylic acids is 1. The molecule has 42 heavy (non-hydrogen) atoms. The van der Waals surface area contributed by atoms with Crippen LogP contribution in [0.5, 0.6) is 0 Å². The van der Waals surface area contributed by atoms with Gasteiger partial charge in [-0.15, -0.1) is 20.4 Å². The third-order valence-electron chi connectivity index (χ3n) is 7.66. The van der Waals surface area contributed by atoms with Gasteiger partial charge < -0.3 is 19.6 Å². The van der Waals surface area contributed by atoms with Crippen molar-refractivity contribution in [1.82, 2.24) is 44.2 Å². The van der Waals surface area contributed by atoms with Crippen molar-refractivity contribution in [3.8, 4) is 10.8 Å². The number of fused-ring (bicyclic) bond motifs is 1. The molecule has 0 radical (unpaired) electrons.